The number of phenolic OH excluding ortho intramolecular Hbond substituents is 1. The van der Waals surface area contributed by atoms with Gasteiger partial charge in [-0.15, -0.1) is 0 Å². The van der Waals surface area contributed by atoms with Crippen LogP contribution in [-0.4, -0.2) is 18.1 Å². The predicted octanol–water partition coefficient (Wildman–Crippen LogP) is 6.50. The first-order valence-corrected chi connectivity index (χ1v) is 11.9. The number of benzene rings is 2. The Labute approximate surface area is 174 Å². The number of para-hydroxylation sites is 1. The van der Waals surface area contributed by atoms with Gasteiger partial charge in [-0.1, -0.05) is 76.5 Å². The van der Waals surface area contributed by atoms with Crippen molar-refractivity contribution in [2.45, 2.75) is 76.0 Å². The Morgan fingerprint density at radius 3 is 2.00 bits per heavy atom. The van der Waals surface area contributed by atoms with Crippen LogP contribution in [0.3, 0.4) is 0 Å². The number of unbranched alkanes of at least 4 members (excludes halogenated alkanes) is 8. The maximum atomic E-state index is 11.6. The molecule has 0 atom stereocenters. The summed E-state index contributed by atoms with van der Waals surface area (Å²) in [6, 6.07) is 11.8. The van der Waals surface area contributed by atoms with Crippen LogP contribution in [0.15, 0.2) is 47.4 Å². The molecule has 0 aliphatic rings. The van der Waals surface area contributed by atoms with Crippen LogP contribution < -0.4 is 4.74 Å². The van der Waals surface area contributed by atoms with Gasteiger partial charge in [0.2, 0.25) is 0 Å². The smallest absolute Gasteiger partial charge is 0.298 e. The molecule has 2 rings (SSSR count). The van der Waals surface area contributed by atoms with E-state index in [4.69, 9.17) is 4.74 Å². The van der Waals surface area contributed by atoms with Crippen LogP contribution in [-0.2, 0) is 16.5 Å². The molecular weight excluding hydrogens is 388 g/mol. The highest BCUT2D eigenvalue weighted by Gasteiger charge is 2.21. The molecule has 0 aromatic heterocycles. The van der Waals surface area contributed by atoms with Gasteiger partial charge < -0.3 is 9.84 Å². The Balaban J connectivity index is 2.01. The Morgan fingerprint density at radius 1 is 0.828 bits per heavy atom. The molecule has 0 saturated heterocycles. The molecule has 0 unspecified atom stereocenters. The summed E-state index contributed by atoms with van der Waals surface area (Å²) in [5.74, 6) is 0.570. The molecule has 0 amide bonds. The quantitative estimate of drug-likeness (QED) is 0.285. The van der Waals surface area contributed by atoms with Gasteiger partial charge in [0, 0.05) is 5.56 Å². The molecule has 2 aromatic rings. The van der Waals surface area contributed by atoms with Crippen molar-refractivity contribution in [2.24, 2.45) is 0 Å². The van der Waals surface area contributed by atoms with Crippen molar-refractivity contribution < 1.29 is 22.8 Å². The van der Waals surface area contributed by atoms with Crippen LogP contribution >= 0.6 is 0 Å². The molecule has 29 heavy (non-hydrogen) atoms. The van der Waals surface area contributed by atoms with E-state index in [-0.39, 0.29) is 0 Å². The second-order valence-electron chi connectivity index (χ2n) is 7.36. The SMILES string of the molecule is CCCCCCCCCCCc1c(Oc2ccccc2)ccc(S(=O)(=O)O)c1O. The van der Waals surface area contributed by atoms with E-state index in [0.29, 0.717) is 23.5 Å². The Kier molecular flexibility index (Phi) is 9.48. The summed E-state index contributed by atoms with van der Waals surface area (Å²) in [5.41, 5.74) is 0.409. The number of ether oxygens (including phenoxy) is 1. The summed E-state index contributed by atoms with van der Waals surface area (Å²) in [5, 5.41) is 10.5. The van der Waals surface area contributed by atoms with Gasteiger partial charge in [-0.2, -0.15) is 8.42 Å². The molecule has 0 fully saturated rings. The number of rotatable bonds is 13. The fourth-order valence-electron chi connectivity index (χ4n) is 3.37. The van der Waals surface area contributed by atoms with Crippen molar-refractivity contribution >= 4 is 10.1 Å². The van der Waals surface area contributed by atoms with E-state index in [1.807, 2.05) is 18.2 Å². The lowest BCUT2D eigenvalue weighted by atomic mass is 10.0. The minimum atomic E-state index is -4.50. The summed E-state index contributed by atoms with van der Waals surface area (Å²) in [7, 11) is -4.50. The third-order valence-electron chi connectivity index (χ3n) is 4.98. The maximum Gasteiger partial charge on any atom is 0.298 e. The Morgan fingerprint density at radius 2 is 1.41 bits per heavy atom. The van der Waals surface area contributed by atoms with E-state index < -0.39 is 20.8 Å². The second-order valence-corrected chi connectivity index (χ2v) is 8.75. The molecule has 0 aliphatic heterocycles. The van der Waals surface area contributed by atoms with Gasteiger partial charge in [0.15, 0.2) is 0 Å². The van der Waals surface area contributed by atoms with Crippen LogP contribution in [0.25, 0.3) is 0 Å². The topological polar surface area (TPSA) is 83.8 Å². The second kappa shape index (κ2) is 11.8. The normalized spacial score (nSPS) is 11.5. The van der Waals surface area contributed by atoms with Crippen LogP contribution in [0.1, 0.15) is 70.3 Å². The maximum absolute atomic E-state index is 11.6. The van der Waals surface area contributed by atoms with Crippen molar-refractivity contribution in [3.8, 4) is 17.2 Å². The fourth-order valence-corrected chi connectivity index (χ4v) is 3.98. The summed E-state index contributed by atoms with van der Waals surface area (Å²) in [6.07, 6.45) is 10.9. The lowest BCUT2D eigenvalue weighted by molar-refractivity contribution is 0.421. The Bertz CT molecular complexity index is 847. The number of hydrogen-bond donors (Lipinski definition) is 2. The molecule has 5 nitrogen and oxygen atoms in total. The van der Waals surface area contributed by atoms with Crippen molar-refractivity contribution in [1.82, 2.24) is 0 Å². The molecular formula is C23H32O5S. The highest BCUT2D eigenvalue weighted by molar-refractivity contribution is 7.86. The highest BCUT2D eigenvalue weighted by Crippen LogP contribution is 2.37. The van der Waals surface area contributed by atoms with E-state index >= 15 is 0 Å². The third kappa shape index (κ3) is 7.71. The zero-order chi connectivity index (χ0) is 21.1. The van der Waals surface area contributed by atoms with Gasteiger partial charge in [-0.3, -0.25) is 4.55 Å². The van der Waals surface area contributed by atoms with Crippen molar-refractivity contribution in [1.29, 1.82) is 0 Å². The van der Waals surface area contributed by atoms with Crippen LogP contribution in [0.5, 0.6) is 17.2 Å². The van der Waals surface area contributed by atoms with Crippen LogP contribution in [0.2, 0.25) is 0 Å². The summed E-state index contributed by atoms with van der Waals surface area (Å²) in [4.78, 5) is -0.483. The lowest BCUT2D eigenvalue weighted by Crippen LogP contribution is -2.02. The molecule has 0 spiro atoms. The van der Waals surface area contributed by atoms with Crippen LogP contribution in [0.4, 0.5) is 0 Å². The first kappa shape index (κ1) is 23.2. The van der Waals surface area contributed by atoms with E-state index in [0.717, 1.165) is 19.3 Å². The van der Waals surface area contributed by atoms with Gasteiger partial charge in [0.1, 0.15) is 22.1 Å². The molecule has 0 bridgehead atoms. The van der Waals surface area contributed by atoms with E-state index in [1.165, 1.54) is 50.7 Å². The van der Waals surface area contributed by atoms with E-state index in [2.05, 4.69) is 6.92 Å². The number of hydrogen-bond acceptors (Lipinski definition) is 4. The molecule has 0 radical (unpaired) electrons. The molecule has 6 heteroatoms. The first-order valence-electron chi connectivity index (χ1n) is 10.5. The zero-order valence-corrected chi connectivity index (χ0v) is 18.0. The minimum absolute atomic E-state index is 0.403. The largest absolute Gasteiger partial charge is 0.506 e. The van der Waals surface area contributed by atoms with Crippen molar-refractivity contribution in [3.63, 3.8) is 0 Å². The molecule has 0 heterocycles. The lowest BCUT2D eigenvalue weighted by Gasteiger charge is -2.15. The van der Waals surface area contributed by atoms with Gasteiger partial charge in [0.05, 0.1) is 0 Å². The van der Waals surface area contributed by atoms with Crippen molar-refractivity contribution in [2.75, 3.05) is 0 Å². The molecule has 0 saturated carbocycles. The molecule has 2 N–H and O–H groups in total. The number of aromatic hydroxyl groups is 1. The average molecular weight is 421 g/mol. The van der Waals surface area contributed by atoms with Gasteiger partial charge >= 0.3 is 0 Å². The summed E-state index contributed by atoms with van der Waals surface area (Å²) >= 11 is 0. The van der Waals surface area contributed by atoms with E-state index in [9.17, 15) is 18.1 Å². The monoisotopic (exact) mass is 420 g/mol. The van der Waals surface area contributed by atoms with Crippen LogP contribution in [0, 0.1) is 0 Å². The molecule has 0 aliphatic carbocycles. The fraction of sp³-hybridized carbons (Fsp3) is 0.478. The predicted molar refractivity (Wildman–Crippen MR) is 115 cm³/mol. The number of phenols is 1. The summed E-state index contributed by atoms with van der Waals surface area (Å²) in [6.45, 7) is 2.21. The van der Waals surface area contributed by atoms with Gasteiger partial charge in [-0.05, 0) is 37.1 Å². The first-order chi connectivity index (χ1) is 13.9. The average Bonchev–Trinajstić information content (AvgIpc) is 2.68. The standard InChI is InChI=1S/C23H32O5S/c1-2-3-4-5-6-7-8-9-13-16-20-21(28-19-14-11-10-12-15-19)17-18-22(23(20)24)29(25,26)27/h10-12,14-15,17-18,24H,2-9,13,16H2,1H3,(H,25,26,27). The zero-order valence-electron chi connectivity index (χ0n) is 17.1. The molecule has 160 valence electrons. The minimum Gasteiger partial charge on any atom is -0.506 e. The van der Waals surface area contributed by atoms with Gasteiger partial charge in [0.25, 0.3) is 10.1 Å². The van der Waals surface area contributed by atoms with E-state index in [1.54, 1.807) is 12.1 Å². The third-order valence-corrected chi connectivity index (χ3v) is 5.87. The summed E-state index contributed by atoms with van der Waals surface area (Å²) < 4.78 is 38.3. The van der Waals surface area contributed by atoms with Gasteiger partial charge in [-0.25, -0.2) is 0 Å². The van der Waals surface area contributed by atoms with Crippen molar-refractivity contribution in [3.05, 3.63) is 48.0 Å². The molecule has 2 aromatic carbocycles. The highest BCUT2D eigenvalue weighted by atomic mass is 32.2. The Hall–Kier alpha value is -2.05.